The zero-order valence-corrected chi connectivity index (χ0v) is 9.61. The normalized spacial score (nSPS) is 9.06. The van der Waals surface area contributed by atoms with E-state index in [0.29, 0.717) is 10.0 Å². The predicted octanol–water partition coefficient (Wildman–Crippen LogP) is 1.97. The molecule has 0 atom stereocenters. The van der Waals surface area contributed by atoms with E-state index in [2.05, 4.69) is 27.8 Å². The molecular weight excluding hydrogens is 276 g/mol. The second-order valence-corrected chi connectivity index (χ2v) is 3.73. The maximum absolute atomic E-state index is 10.8. The van der Waals surface area contributed by atoms with Crippen molar-refractivity contribution < 1.29 is 19.8 Å². The van der Waals surface area contributed by atoms with Gasteiger partial charge in [-0.25, -0.2) is 4.79 Å². The number of carboxylic acid groups (broad SMARTS) is 2. The molecule has 0 spiro atoms. The van der Waals surface area contributed by atoms with E-state index in [-0.39, 0.29) is 12.0 Å². The molecule has 16 heavy (non-hydrogen) atoms. The molecule has 0 heterocycles. The van der Waals surface area contributed by atoms with E-state index in [1.165, 1.54) is 6.07 Å². The molecule has 0 radical (unpaired) electrons. The highest BCUT2D eigenvalue weighted by Crippen LogP contribution is 2.17. The number of rotatable bonds is 2. The standard InChI is InChI=1S/C11H7BrO4/c12-9-5-4-7(2-1-3-10(13)14)6-8(9)11(15)16/h4-6H,3H2,(H,13,14)(H,15,16). The Morgan fingerprint density at radius 2 is 2.00 bits per heavy atom. The highest BCUT2D eigenvalue weighted by Gasteiger charge is 2.07. The third kappa shape index (κ3) is 3.41. The van der Waals surface area contributed by atoms with Gasteiger partial charge in [0.05, 0.1) is 5.56 Å². The van der Waals surface area contributed by atoms with Crippen LogP contribution in [0.25, 0.3) is 0 Å². The van der Waals surface area contributed by atoms with Crippen molar-refractivity contribution in [1.29, 1.82) is 0 Å². The molecule has 0 aromatic heterocycles. The number of carbonyl (C=O) groups is 2. The molecule has 0 unspecified atom stereocenters. The van der Waals surface area contributed by atoms with Gasteiger partial charge in [-0.3, -0.25) is 4.79 Å². The minimum absolute atomic E-state index is 0.0992. The Morgan fingerprint density at radius 1 is 1.31 bits per heavy atom. The van der Waals surface area contributed by atoms with Gasteiger partial charge in [-0.15, -0.1) is 0 Å². The summed E-state index contributed by atoms with van der Waals surface area (Å²) in [5, 5.41) is 17.2. The summed E-state index contributed by atoms with van der Waals surface area (Å²) in [7, 11) is 0. The van der Waals surface area contributed by atoms with Crippen molar-refractivity contribution in [2.75, 3.05) is 0 Å². The molecule has 0 aliphatic heterocycles. The molecule has 2 N–H and O–H groups in total. The van der Waals surface area contributed by atoms with Gasteiger partial charge in [0.15, 0.2) is 0 Å². The van der Waals surface area contributed by atoms with E-state index in [0.717, 1.165) is 0 Å². The van der Waals surface area contributed by atoms with Gasteiger partial charge in [-0.2, -0.15) is 0 Å². The molecule has 0 saturated carbocycles. The summed E-state index contributed by atoms with van der Waals surface area (Å²) in [6.45, 7) is 0. The van der Waals surface area contributed by atoms with Gasteiger partial charge in [0.25, 0.3) is 0 Å². The van der Waals surface area contributed by atoms with E-state index in [4.69, 9.17) is 10.2 Å². The minimum Gasteiger partial charge on any atom is -0.481 e. The first-order chi connectivity index (χ1) is 7.50. The first kappa shape index (κ1) is 12.3. The molecule has 1 aromatic carbocycles. The lowest BCUT2D eigenvalue weighted by molar-refractivity contribution is -0.135. The van der Waals surface area contributed by atoms with Crippen LogP contribution in [0.1, 0.15) is 22.3 Å². The molecule has 0 aliphatic rings. The van der Waals surface area contributed by atoms with Gasteiger partial charge in [-0.1, -0.05) is 11.8 Å². The Bertz CT molecular complexity index is 496. The van der Waals surface area contributed by atoms with Crippen LogP contribution in [0.4, 0.5) is 0 Å². The van der Waals surface area contributed by atoms with E-state index in [9.17, 15) is 9.59 Å². The molecule has 1 aromatic rings. The molecule has 0 fully saturated rings. The van der Waals surface area contributed by atoms with Crippen LogP contribution in [-0.4, -0.2) is 22.2 Å². The average Bonchev–Trinajstić information content (AvgIpc) is 2.19. The number of halogens is 1. The first-order valence-electron chi connectivity index (χ1n) is 4.24. The molecule has 5 heteroatoms. The van der Waals surface area contributed by atoms with Crippen LogP contribution >= 0.6 is 15.9 Å². The number of aromatic carboxylic acids is 1. The molecule has 4 nitrogen and oxygen atoms in total. The lowest BCUT2D eigenvalue weighted by Crippen LogP contribution is -1.98. The second-order valence-electron chi connectivity index (χ2n) is 2.87. The van der Waals surface area contributed by atoms with Gasteiger partial charge in [0.1, 0.15) is 6.42 Å². The Labute approximate surface area is 100 Å². The Kier molecular flexibility index (Phi) is 4.09. The zero-order chi connectivity index (χ0) is 12.1. The Morgan fingerprint density at radius 3 is 2.56 bits per heavy atom. The summed E-state index contributed by atoms with van der Waals surface area (Å²) in [5.41, 5.74) is 0.573. The number of benzene rings is 1. The van der Waals surface area contributed by atoms with Crippen molar-refractivity contribution in [3.8, 4) is 11.8 Å². The SMILES string of the molecule is O=C(O)CC#Cc1ccc(Br)c(C(=O)O)c1. The van der Waals surface area contributed by atoms with Gasteiger partial charge >= 0.3 is 11.9 Å². The molecule has 0 saturated heterocycles. The van der Waals surface area contributed by atoms with Crippen LogP contribution < -0.4 is 0 Å². The smallest absolute Gasteiger partial charge is 0.336 e. The number of aliphatic carboxylic acids is 1. The molecule has 1 rings (SSSR count). The average molecular weight is 283 g/mol. The maximum atomic E-state index is 10.8. The molecule has 0 aliphatic carbocycles. The van der Waals surface area contributed by atoms with Crippen molar-refractivity contribution in [1.82, 2.24) is 0 Å². The molecule has 0 bridgehead atoms. The number of hydrogen-bond acceptors (Lipinski definition) is 2. The summed E-state index contributed by atoms with van der Waals surface area (Å²) < 4.78 is 0.462. The van der Waals surface area contributed by atoms with Gasteiger partial charge in [-0.05, 0) is 34.1 Å². The molecule has 82 valence electrons. The third-order valence-electron chi connectivity index (χ3n) is 1.67. The van der Waals surface area contributed by atoms with Crippen LogP contribution in [0.5, 0.6) is 0 Å². The van der Waals surface area contributed by atoms with Crippen molar-refractivity contribution in [3.63, 3.8) is 0 Å². The van der Waals surface area contributed by atoms with Crippen LogP contribution in [0.2, 0.25) is 0 Å². The predicted molar refractivity (Wildman–Crippen MR) is 60.2 cm³/mol. The summed E-state index contributed by atoms with van der Waals surface area (Å²) >= 11 is 3.10. The van der Waals surface area contributed by atoms with Gasteiger partial charge in [0, 0.05) is 10.0 Å². The minimum atomic E-state index is -1.06. The van der Waals surface area contributed by atoms with Crippen molar-refractivity contribution >= 4 is 27.9 Å². The third-order valence-corrected chi connectivity index (χ3v) is 2.36. The largest absolute Gasteiger partial charge is 0.481 e. The van der Waals surface area contributed by atoms with E-state index in [1.807, 2.05) is 0 Å². The van der Waals surface area contributed by atoms with Crippen molar-refractivity contribution in [2.45, 2.75) is 6.42 Å². The highest BCUT2D eigenvalue weighted by atomic mass is 79.9. The van der Waals surface area contributed by atoms with Crippen LogP contribution in [0, 0.1) is 11.8 Å². The number of hydrogen-bond donors (Lipinski definition) is 2. The number of carboxylic acids is 2. The Hall–Kier alpha value is -1.80. The lowest BCUT2D eigenvalue weighted by atomic mass is 10.1. The summed E-state index contributed by atoms with van der Waals surface area (Å²) in [5.74, 6) is 2.94. The van der Waals surface area contributed by atoms with Crippen molar-refractivity contribution in [2.24, 2.45) is 0 Å². The molecule has 0 amide bonds. The van der Waals surface area contributed by atoms with E-state index in [1.54, 1.807) is 12.1 Å². The van der Waals surface area contributed by atoms with Crippen LogP contribution in [0.15, 0.2) is 22.7 Å². The van der Waals surface area contributed by atoms with Gasteiger partial charge in [0.2, 0.25) is 0 Å². The van der Waals surface area contributed by atoms with Crippen molar-refractivity contribution in [3.05, 3.63) is 33.8 Å². The summed E-state index contributed by atoms with van der Waals surface area (Å²) in [4.78, 5) is 21.0. The topological polar surface area (TPSA) is 74.6 Å². The molecular formula is C11H7BrO4. The summed E-state index contributed by atoms with van der Waals surface area (Å²) in [6.07, 6.45) is -0.265. The van der Waals surface area contributed by atoms with Crippen LogP contribution in [0.3, 0.4) is 0 Å². The first-order valence-corrected chi connectivity index (χ1v) is 5.03. The van der Waals surface area contributed by atoms with E-state index >= 15 is 0 Å². The highest BCUT2D eigenvalue weighted by molar-refractivity contribution is 9.10. The van der Waals surface area contributed by atoms with Gasteiger partial charge < -0.3 is 10.2 Å². The fraction of sp³-hybridized carbons (Fsp3) is 0.0909. The second kappa shape index (κ2) is 5.33. The summed E-state index contributed by atoms with van der Waals surface area (Å²) in [6, 6.07) is 4.57. The fourth-order valence-corrected chi connectivity index (χ4v) is 1.41. The Balaban J connectivity index is 2.98. The zero-order valence-electron chi connectivity index (χ0n) is 8.03. The monoisotopic (exact) mass is 282 g/mol. The van der Waals surface area contributed by atoms with E-state index < -0.39 is 11.9 Å². The quantitative estimate of drug-likeness (QED) is 0.814. The maximum Gasteiger partial charge on any atom is 0.336 e. The fourth-order valence-electron chi connectivity index (χ4n) is 0.989. The lowest BCUT2D eigenvalue weighted by Gasteiger charge is -1.98. The van der Waals surface area contributed by atoms with Crippen LogP contribution in [-0.2, 0) is 4.79 Å².